The summed E-state index contributed by atoms with van der Waals surface area (Å²) in [5.74, 6) is 0.00727. The summed E-state index contributed by atoms with van der Waals surface area (Å²) in [5, 5.41) is 7.89. The Morgan fingerprint density at radius 3 is 2.90 bits per heavy atom. The molecule has 31 heavy (non-hydrogen) atoms. The molecule has 4 rings (SSSR count). The third kappa shape index (κ3) is 4.67. The van der Waals surface area contributed by atoms with Crippen LogP contribution < -0.4 is 10.9 Å². The Kier molecular flexibility index (Phi) is 6.43. The number of ether oxygens (including phenoxy) is 1. The number of benzene rings is 1. The van der Waals surface area contributed by atoms with Crippen molar-refractivity contribution in [3.8, 4) is 0 Å². The van der Waals surface area contributed by atoms with E-state index in [1.807, 2.05) is 45.0 Å². The zero-order chi connectivity index (χ0) is 22.0. The summed E-state index contributed by atoms with van der Waals surface area (Å²) >= 11 is 1.26. The molecule has 164 valence electrons. The SMILES string of the molecule is CCn1nc(C)c2nc(SCC(=O)Nc3cccc(C)c3)n(CC3CCCO3)c(=O)c21. The van der Waals surface area contributed by atoms with Crippen LogP contribution >= 0.6 is 11.8 Å². The molecule has 1 amide bonds. The van der Waals surface area contributed by atoms with E-state index in [0.29, 0.717) is 41.6 Å². The van der Waals surface area contributed by atoms with Crippen molar-refractivity contribution >= 4 is 34.4 Å². The molecule has 1 unspecified atom stereocenters. The Morgan fingerprint density at radius 1 is 1.35 bits per heavy atom. The van der Waals surface area contributed by atoms with Gasteiger partial charge in [0.1, 0.15) is 5.52 Å². The number of nitrogens with zero attached hydrogens (tertiary/aromatic N) is 4. The highest BCUT2D eigenvalue weighted by molar-refractivity contribution is 7.99. The van der Waals surface area contributed by atoms with Crippen molar-refractivity contribution in [1.82, 2.24) is 19.3 Å². The standard InChI is InChI=1S/C22H27N5O3S/c1-4-27-20-19(15(3)25-27)24-22(26(21(20)29)12-17-9-6-10-30-17)31-13-18(28)23-16-8-5-7-14(2)11-16/h5,7-8,11,17H,4,6,9-10,12-13H2,1-3H3,(H,23,28). The van der Waals surface area contributed by atoms with Gasteiger partial charge in [-0.15, -0.1) is 0 Å². The second-order valence-corrected chi connectivity index (χ2v) is 8.69. The number of thioether (sulfide) groups is 1. The quantitative estimate of drug-likeness (QED) is 0.447. The van der Waals surface area contributed by atoms with Gasteiger partial charge >= 0.3 is 0 Å². The van der Waals surface area contributed by atoms with Crippen LogP contribution in [-0.4, -0.2) is 43.7 Å². The van der Waals surface area contributed by atoms with Crippen LogP contribution in [0.2, 0.25) is 0 Å². The number of amides is 1. The first-order chi connectivity index (χ1) is 15.0. The van der Waals surface area contributed by atoms with Crippen molar-refractivity contribution in [2.45, 2.75) is 58.0 Å². The van der Waals surface area contributed by atoms with E-state index < -0.39 is 0 Å². The molecule has 3 aromatic rings. The van der Waals surface area contributed by atoms with Gasteiger partial charge in [0.2, 0.25) is 5.91 Å². The highest BCUT2D eigenvalue weighted by Crippen LogP contribution is 2.23. The average Bonchev–Trinajstić information content (AvgIpc) is 3.36. The van der Waals surface area contributed by atoms with Crippen LogP contribution in [0.5, 0.6) is 0 Å². The third-order valence-corrected chi connectivity index (χ3v) is 6.30. The van der Waals surface area contributed by atoms with E-state index in [1.54, 1.807) is 9.25 Å². The summed E-state index contributed by atoms with van der Waals surface area (Å²) in [7, 11) is 0. The fourth-order valence-corrected chi connectivity index (χ4v) is 4.63. The lowest BCUT2D eigenvalue weighted by atomic mass is 10.2. The number of fused-ring (bicyclic) bond motifs is 1. The summed E-state index contributed by atoms with van der Waals surface area (Å²) < 4.78 is 9.11. The molecule has 0 saturated carbocycles. The predicted molar refractivity (Wildman–Crippen MR) is 122 cm³/mol. The van der Waals surface area contributed by atoms with Gasteiger partial charge in [-0.1, -0.05) is 23.9 Å². The van der Waals surface area contributed by atoms with Crippen molar-refractivity contribution in [3.05, 3.63) is 45.9 Å². The summed E-state index contributed by atoms with van der Waals surface area (Å²) in [6, 6.07) is 7.66. The molecule has 0 aliphatic carbocycles. The fourth-order valence-electron chi connectivity index (χ4n) is 3.83. The number of hydrogen-bond acceptors (Lipinski definition) is 6. The van der Waals surface area contributed by atoms with Gasteiger partial charge in [0.25, 0.3) is 5.56 Å². The van der Waals surface area contributed by atoms with Crippen molar-refractivity contribution in [2.24, 2.45) is 0 Å². The van der Waals surface area contributed by atoms with Gasteiger partial charge in [-0.25, -0.2) is 4.98 Å². The van der Waals surface area contributed by atoms with Gasteiger partial charge in [0, 0.05) is 18.8 Å². The molecule has 0 spiro atoms. The summed E-state index contributed by atoms with van der Waals surface area (Å²) in [5.41, 5.74) is 3.51. The van der Waals surface area contributed by atoms with E-state index in [-0.39, 0.29) is 23.3 Å². The van der Waals surface area contributed by atoms with Crippen molar-refractivity contribution in [2.75, 3.05) is 17.7 Å². The Morgan fingerprint density at radius 2 is 2.19 bits per heavy atom. The van der Waals surface area contributed by atoms with Gasteiger partial charge in [-0.05, 0) is 51.3 Å². The highest BCUT2D eigenvalue weighted by Gasteiger charge is 2.23. The van der Waals surface area contributed by atoms with E-state index in [9.17, 15) is 9.59 Å². The Hall–Kier alpha value is -2.65. The largest absolute Gasteiger partial charge is 0.376 e. The van der Waals surface area contributed by atoms with Crippen LogP contribution in [0.1, 0.15) is 31.0 Å². The Bertz CT molecular complexity index is 1160. The van der Waals surface area contributed by atoms with Crippen LogP contribution in [0.15, 0.2) is 34.2 Å². The fraction of sp³-hybridized carbons (Fsp3) is 0.455. The first-order valence-electron chi connectivity index (χ1n) is 10.5. The number of carbonyl (C=O) groups excluding carboxylic acids is 1. The molecule has 9 heteroatoms. The zero-order valence-corrected chi connectivity index (χ0v) is 18.9. The second kappa shape index (κ2) is 9.23. The number of rotatable bonds is 7. The van der Waals surface area contributed by atoms with Crippen LogP contribution in [0.3, 0.4) is 0 Å². The molecule has 1 N–H and O–H groups in total. The number of nitrogens with one attached hydrogen (secondary N) is 1. The number of aryl methyl sites for hydroxylation is 3. The van der Waals surface area contributed by atoms with Gasteiger partial charge in [0.15, 0.2) is 10.7 Å². The molecule has 2 aromatic heterocycles. The molecule has 0 radical (unpaired) electrons. The predicted octanol–water partition coefficient (Wildman–Crippen LogP) is 3.14. The van der Waals surface area contributed by atoms with Gasteiger partial charge < -0.3 is 10.1 Å². The topological polar surface area (TPSA) is 91.0 Å². The Balaban J connectivity index is 1.62. The highest BCUT2D eigenvalue weighted by atomic mass is 32.2. The summed E-state index contributed by atoms with van der Waals surface area (Å²) in [6.45, 7) is 7.51. The molecular weight excluding hydrogens is 414 g/mol. The maximum atomic E-state index is 13.4. The minimum absolute atomic E-state index is 0.0171. The zero-order valence-electron chi connectivity index (χ0n) is 18.1. The Labute approximate surface area is 185 Å². The summed E-state index contributed by atoms with van der Waals surface area (Å²) in [4.78, 5) is 30.7. The minimum atomic E-state index is -0.144. The molecule has 1 aliphatic heterocycles. The smallest absolute Gasteiger partial charge is 0.280 e. The van der Waals surface area contributed by atoms with Crippen LogP contribution in [0, 0.1) is 13.8 Å². The molecule has 1 aliphatic rings. The molecule has 1 saturated heterocycles. The minimum Gasteiger partial charge on any atom is -0.376 e. The van der Waals surface area contributed by atoms with Gasteiger partial charge in [0.05, 0.1) is 24.1 Å². The number of hydrogen-bond donors (Lipinski definition) is 1. The van der Waals surface area contributed by atoms with E-state index >= 15 is 0 Å². The first kappa shape index (κ1) is 21.6. The number of anilines is 1. The second-order valence-electron chi connectivity index (χ2n) is 7.75. The van der Waals surface area contributed by atoms with Crippen LogP contribution in [0.4, 0.5) is 5.69 Å². The molecule has 1 fully saturated rings. The number of carbonyl (C=O) groups is 1. The van der Waals surface area contributed by atoms with Crippen molar-refractivity contribution in [3.63, 3.8) is 0 Å². The summed E-state index contributed by atoms with van der Waals surface area (Å²) in [6.07, 6.45) is 1.88. The van der Waals surface area contributed by atoms with Gasteiger partial charge in [-0.3, -0.25) is 18.8 Å². The molecule has 0 bridgehead atoms. The van der Waals surface area contributed by atoms with Crippen LogP contribution in [-0.2, 0) is 22.6 Å². The molecule has 1 atom stereocenters. The normalized spacial score (nSPS) is 16.2. The average molecular weight is 442 g/mol. The molecule has 8 nitrogen and oxygen atoms in total. The van der Waals surface area contributed by atoms with E-state index in [4.69, 9.17) is 9.72 Å². The first-order valence-corrected chi connectivity index (χ1v) is 11.5. The van der Waals surface area contributed by atoms with Gasteiger partial charge in [-0.2, -0.15) is 5.10 Å². The maximum Gasteiger partial charge on any atom is 0.280 e. The molecule has 3 heterocycles. The van der Waals surface area contributed by atoms with Crippen molar-refractivity contribution in [1.29, 1.82) is 0 Å². The monoisotopic (exact) mass is 441 g/mol. The van der Waals surface area contributed by atoms with E-state index in [1.165, 1.54) is 11.8 Å². The molecular formula is C22H27N5O3S. The lowest BCUT2D eigenvalue weighted by Gasteiger charge is -2.16. The number of aromatic nitrogens is 4. The maximum absolute atomic E-state index is 13.4. The van der Waals surface area contributed by atoms with E-state index in [2.05, 4.69) is 10.4 Å². The molecule has 1 aromatic carbocycles. The van der Waals surface area contributed by atoms with E-state index in [0.717, 1.165) is 24.1 Å². The van der Waals surface area contributed by atoms with Crippen LogP contribution in [0.25, 0.3) is 11.0 Å². The lowest BCUT2D eigenvalue weighted by Crippen LogP contribution is -2.30. The lowest BCUT2D eigenvalue weighted by molar-refractivity contribution is -0.113. The van der Waals surface area contributed by atoms with Crippen molar-refractivity contribution < 1.29 is 9.53 Å². The third-order valence-electron chi connectivity index (χ3n) is 5.33.